The molecule has 21 heavy (non-hydrogen) atoms. The van der Waals surface area contributed by atoms with Crippen LogP contribution in [0.5, 0.6) is 0 Å². The van der Waals surface area contributed by atoms with Gasteiger partial charge in [0.2, 0.25) is 0 Å². The average molecular weight is 291 g/mol. The van der Waals surface area contributed by atoms with Gasteiger partial charge in [-0.3, -0.25) is 9.48 Å². The first-order valence-electron chi connectivity index (χ1n) is 8.04. The number of likely N-dealkylation sites (tertiary alicyclic amines) is 1. The topological polar surface area (TPSA) is 47.4 Å². The van der Waals surface area contributed by atoms with Crippen molar-refractivity contribution in [3.05, 3.63) is 18.0 Å². The van der Waals surface area contributed by atoms with Gasteiger partial charge in [0.15, 0.2) is 0 Å². The predicted octanol–water partition coefficient (Wildman–Crippen LogP) is 2.17. The zero-order valence-corrected chi connectivity index (χ0v) is 13.0. The molecule has 2 atom stereocenters. The summed E-state index contributed by atoms with van der Waals surface area (Å²) in [7, 11) is 0. The van der Waals surface area contributed by atoms with Gasteiger partial charge in [0.05, 0.1) is 18.8 Å². The number of aromatic nitrogens is 2. The molecule has 1 saturated heterocycles. The summed E-state index contributed by atoms with van der Waals surface area (Å²) in [5.41, 5.74) is 1.17. The molecule has 2 aliphatic rings. The molecule has 1 saturated carbocycles. The molecule has 0 aromatic carbocycles. The Morgan fingerprint density at radius 3 is 2.95 bits per heavy atom. The summed E-state index contributed by atoms with van der Waals surface area (Å²) < 4.78 is 7.72. The van der Waals surface area contributed by atoms with Crippen molar-refractivity contribution in [3.63, 3.8) is 0 Å². The molecule has 116 valence electrons. The molecule has 0 radical (unpaired) electrons. The highest BCUT2D eigenvalue weighted by molar-refractivity contribution is 5.80. The molecular weight excluding hydrogens is 266 g/mol. The largest absolute Gasteiger partial charge is 0.368 e. The predicted molar refractivity (Wildman–Crippen MR) is 80.0 cm³/mol. The van der Waals surface area contributed by atoms with Crippen LogP contribution >= 0.6 is 0 Å². The van der Waals surface area contributed by atoms with E-state index in [1.54, 1.807) is 0 Å². The third kappa shape index (κ3) is 3.64. The first-order valence-corrected chi connectivity index (χ1v) is 8.04. The quantitative estimate of drug-likeness (QED) is 0.835. The maximum Gasteiger partial charge on any atom is 0.251 e. The standard InChI is InChI=1S/C16H25N3O2/c1-12-8-17-19(9-12)15-4-3-7-18(10-15)16(20)13(2)21-11-14-5-6-14/h8-9,13-15H,3-7,10-11H2,1-2H3. The van der Waals surface area contributed by atoms with Gasteiger partial charge in [-0.2, -0.15) is 5.10 Å². The van der Waals surface area contributed by atoms with Crippen LogP contribution in [0.15, 0.2) is 12.4 Å². The number of carbonyl (C=O) groups is 1. The normalized spacial score (nSPS) is 24.1. The Hall–Kier alpha value is -1.36. The lowest BCUT2D eigenvalue weighted by Crippen LogP contribution is -2.45. The van der Waals surface area contributed by atoms with E-state index in [9.17, 15) is 4.79 Å². The number of rotatable bonds is 5. The smallest absolute Gasteiger partial charge is 0.251 e. The Kier molecular flexibility index (Phi) is 4.29. The van der Waals surface area contributed by atoms with Crippen molar-refractivity contribution in [2.45, 2.75) is 51.7 Å². The average Bonchev–Trinajstić information content (AvgIpc) is 3.24. The summed E-state index contributed by atoms with van der Waals surface area (Å²) in [5, 5.41) is 4.39. The van der Waals surface area contributed by atoms with Crippen molar-refractivity contribution in [2.75, 3.05) is 19.7 Å². The highest BCUT2D eigenvalue weighted by atomic mass is 16.5. The molecule has 0 bridgehead atoms. The fourth-order valence-electron chi connectivity index (χ4n) is 2.90. The number of piperidine rings is 1. The molecule has 5 heteroatoms. The number of nitrogens with zero attached hydrogens (tertiary/aromatic N) is 3. The lowest BCUT2D eigenvalue weighted by atomic mass is 10.1. The minimum atomic E-state index is -0.316. The second-order valence-corrected chi connectivity index (χ2v) is 6.50. The van der Waals surface area contributed by atoms with Crippen molar-refractivity contribution in [2.24, 2.45) is 5.92 Å². The van der Waals surface area contributed by atoms with E-state index in [0.29, 0.717) is 12.0 Å². The van der Waals surface area contributed by atoms with Gasteiger partial charge in [-0.15, -0.1) is 0 Å². The van der Waals surface area contributed by atoms with Gasteiger partial charge in [-0.05, 0) is 51.0 Å². The van der Waals surface area contributed by atoms with Crippen LogP contribution in [0, 0.1) is 12.8 Å². The highest BCUT2D eigenvalue weighted by Crippen LogP contribution is 2.29. The summed E-state index contributed by atoms with van der Waals surface area (Å²) in [4.78, 5) is 14.4. The monoisotopic (exact) mass is 291 g/mol. The number of hydrogen-bond donors (Lipinski definition) is 0. The Bertz CT molecular complexity index is 495. The van der Waals surface area contributed by atoms with Gasteiger partial charge in [0.1, 0.15) is 6.10 Å². The summed E-state index contributed by atoms with van der Waals surface area (Å²) in [6.45, 7) is 6.25. The molecule has 2 fully saturated rings. The van der Waals surface area contributed by atoms with E-state index in [1.165, 1.54) is 18.4 Å². The minimum Gasteiger partial charge on any atom is -0.368 e. The van der Waals surface area contributed by atoms with Gasteiger partial charge < -0.3 is 9.64 Å². The third-order valence-corrected chi connectivity index (χ3v) is 4.44. The molecule has 1 aliphatic heterocycles. The number of carbonyl (C=O) groups excluding carboxylic acids is 1. The second kappa shape index (κ2) is 6.18. The Balaban J connectivity index is 1.55. The van der Waals surface area contributed by atoms with E-state index >= 15 is 0 Å². The summed E-state index contributed by atoms with van der Waals surface area (Å²) in [6.07, 6.45) is 8.25. The highest BCUT2D eigenvalue weighted by Gasteiger charge is 2.30. The van der Waals surface area contributed by atoms with Crippen LogP contribution in [0.2, 0.25) is 0 Å². The van der Waals surface area contributed by atoms with Crippen molar-refractivity contribution < 1.29 is 9.53 Å². The zero-order chi connectivity index (χ0) is 14.8. The Labute approximate surface area is 126 Å². The molecule has 0 N–H and O–H groups in total. The number of hydrogen-bond acceptors (Lipinski definition) is 3. The Morgan fingerprint density at radius 2 is 2.29 bits per heavy atom. The molecule has 1 aromatic rings. The third-order valence-electron chi connectivity index (χ3n) is 4.44. The van der Waals surface area contributed by atoms with Crippen LogP contribution < -0.4 is 0 Å². The lowest BCUT2D eigenvalue weighted by molar-refractivity contribution is -0.144. The van der Waals surface area contributed by atoms with E-state index in [0.717, 1.165) is 32.5 Å². The number of aryl methyl sites for hydroxylation is 1. The molecule has 1 aromatic heterocycles. The van der Waals surface area contributed by atoms with Crippen molar-refractivity contribution >= 4 is 5.91 Å². The molecule has 5 nitrogen and oxygen atoms in total. The first-order chi connectivity index (χ1) is 10.1. The van der Waals surface area contributed by atoms with E-state index < -0.39 is 0 Å². The molecule has 2 heterocycles. The SMILES string of the molecule is Cc1cnn(C2CCCN(C(=O)C(C)OCC3CC3)C2)c1. The van der Waals surface area contributed by atoms with Crippen molar-refractivity contribution in [3.8, 4) is 0 Å². The van der Waals surface area contributed by atoms with Crippen LogP contribution in [0.3, 0.4) is 0 Å². The van der Waals surface area contributed by atoms with Gasteiger partial charge >= 0.3 is 0 Å². The molecule has 1 amide bonds. The molecule has 1 aliphatic carbocycles. The van der Waals surface area contributed by atoms with Crippen molar-refractivity contribution in [1.82, 2.24) is 14.7 Å². The number of ether oxygens (including phenoxy) is 1. The van der Waals surface area contributed by atoms with Crippen LogP contribution in [-0.4, -0.2) is 46.4 Å². The van der Waals surface area contributed by atoms with Gasteiger partial charge in [-0.1, -0.05) is 0 Å². The van der Waals surface area contributed by atoms with Crippen molar-refractivity contribution in [1.29, 1.82) is 0 Å². The van der Waals surface area contributed by atoms with Gasteiger partial charge in [0, 0.05) is 19.3 Å². The van der Waals surface area contributed by atoms with E-state index in [4.69, 9.17) is 4.74 Å². The summed E-state index contributed by atoms with van der Waals surface area (Å²) >= 11 is 0. The number of amides is 1. The van der Waals surface area contributed by atoms with Crippen LogP contribution in [0.1, 0.15) is 44.2 Å². The minimum absolute atomic E-state index is 0.129. The van der Waals surface area contributed by atoms with Gasteiger partial charge in [0.25, 0.3) is 5.91 Å². The van der Waals surface area contributed by atoms with Crippen LogP contribution in [0.25, 0.3) is 0 Å². The lowest BCUT2D eigenvalue weighted by Gasteiger charge is -2.34. The molecular formula is C16H25N3O2. The molecule has 2 unspecified atom stereocenters. The Morgan fingerprint density at radius 1 is 1.48 bits per heavy atom. The summed E-state index contributed by atoms with van der Waals surface area (Å²) in [6, 6.07) is 0.298. The fourth-order valence-corrected chi connectivity index (χ4v) is 2.90. The van der Waals surface area contributed by atoms with Gasteiger partial charge in [-0.25, -0.2) is 0 Å². The zero-order valence-electron chi connectivity index (χ0n) is 13.0. The first kappa shape index (κ1) is 14.6. The van der Waals surface area contributed by atoms with E-state index in [-0.39, 0.29) is 12.0 Å². The fraction of sp³-hybridized carbons (Fsp3) is 0.750. The second-order valence-electron chi connectivity index (χ2n) is 6.50. The van der Waals surface area contributed by atoms with E-state index in [2.05, 4.69) is 11.3 Å². The molecule has 0 spiro atoms. The molecule has 3 rings (SSSR count). The van der Waals surface area contributed by atoms with Crippen LogP contribution in [-0.2, 0) is 9.53 Å². The van der Waals surface area contributed by atoms with Crippen LogP contribution in [0.4, 0.5) is 0 Å². The maximum atomic E-state index is 12.5. The maximum absolute atomic E-state index is 12.5. The summed E-state index contributed by atoms with van der Waals surface area (Å²) in [5.74, 6) is 0.825. The van der Waals surface area contributed by atoms with E-state index in [1.807, 2.05) is 29.6 Å².